The Morgan fingerprint density at radius 2 is 1.97 bits per heavy atom. The first-order valence-electron chi connectivity index (χ1n) is 10.1. The molecule has 0 bridgehead atoms. The monoisotopic (exact) mass is 534 g/mol. The molecule has 4 rings (SSSR count). The summed E-state index contributed by atoms with van der Waals surface area (Å²) in [6.07, 6.45) is 1.04. The number of likely N-dealkylation sites (N-methyl/N-ethyl adjacent to an activating group) is 2. The standard InChI is InChI=1S/C22H20BrFN4O6/c1-26-16(8-12-10-25-15-6-5-14(24)19(18(12)15)28(33)34)20(30)27(2)22(32,21(26)31)9-11-3-4-13(23)17(29)7-11/h3-7,10,16,25,29,32H,8-9H2,1-2H3/t16-,22+/m0/s1. The highest BCUT2D eigenvalue weighted by Gasteiger charge is 2.53. The zero-order chi connectivity index (χ0) is 24.9. The van der Waals surface area contributed by atoms with Crippen LogP contribution in [0.2, 0.25) is 0 Å². The zero-order valence-corrected chi connectivity index (χ0v) is 19.7. The van der Waals surface area contributed by atoms with E-state index in [1.165, 1.54) is 32.4 Å². The number of phenols is 1. The number of hydrogen-bond donors (Lipinski definition) is 3. The van der Waals surface area contributed by atoms with Crippen LogP contribution in [0, 0.1) is 15.9 Å². The number of aromatic hydroxyl groups is 1. The molecule has 1 fully saturated rings. The van der Waals surface area contributed by atoms with E-state index in [-0.39, 0.29) is 29.5 Å². The van der Waals surface area contributed by atoms with Crippen LogP contribution in [0.4, 0.5) is 10.1 Å². The average molecular weight is 535 g/mol. The summed E-state index contributed by atoms with van der Waals surface area (Å²) in [5, 5.41) is 32.6. The highest BCUT2D eigenvalue weighted by molar-refractivity contribution is 9.10. The number of halogens is 2. The molecule has 1 aliphatic heterocycles. The van der Waals surface area contributed by atoms with Gasteiger partial charge < -0.3 is 25.0 Å². The molecule has 3 N–H and O–H groups in total. The average Bonchev–Trinajstić information content (AvgIpc) is 3.19. The van der Waals surface area contributed by atoms with Crippen molar-refractivity contribution >= 4 is 44.3 Å². The van der Waals surface area contributed by atoms with Crippen LogP contribution in [-0.2, 0) is 22.4 Å². The Balaban J connectivity index is 1.68. The third-order valence-corrected chi connectivity index (χ3v) is 6.88. The third-order valence-electron chi connectivity index (χ3n) is 6.21. The summed E-state index contributed by atoms with van der Waals surface area (Å²) in [6, 6.07) is 5.78. The van der Waals surface area contributed by atoms with Crippen LogP contribution in [0.15, 0.2) is 41.0 Å². The van der Waals surface area contributed by atoms with Crippen LogP contribution in [0.1, 0.15) is 11.1 Å². The van der Waals surface area contributed by atoms with Gasteiger partial charge in [0.05, 0.1) is 20.3 Å². The fourth-order valence-electron chi connectivity index (χ4n) is 4.31. The summed E-state index contributed by atoms with van der Waals surface area (Å²) in [6.45, 7) is 0. The minimum Gasteiger partial charge on any atom is -0.507 e. The van der Waals surface area contributed by atoms with Crippen molar-refractivity contribution in [2.45, 2.75) is 24.6 Å². The first-order valence-corrected chi connectivity index (χ1v) is 10.9. The number of aromatic nitrogens is 1. The molecule has 0 saturated carbocycles. The predicted molar refractivity (Wildman–Crippen MR) is 122 cm³/mol. The van der Waals surface area contributed by atoms with Crippen molar-refractivity contribution in [3.05, 3.63) is 68.1 Å². The molecular weight excluding hydrogens is 515 g/mol. The number of nitrogens with zero attached hydrogens (tertiary/aromatic N) is 3. The second kappa shape index (κ2) is 8.37. The van der Waals surface area contributed by atoms with E-state index in [9.17, 15) is 34.3 Å². The van der Waals surface area contributed by atoms with E-state index in [0.29, 0.717) is 15.6 Å². The van der Waals surface area contributed by atoms with Crippen molar-refractivity contribution in [1.82, 2.24) is 14.8 Å². The zero-order valence-electron chi connectivity index (χ0n) is 18.1. The van der Waals surface area contributed by atoms with E-state index in [2.05, 4.69) is 20.9 Å². The first-order chi connectivity index (χ1) is 16.0. The van der Waals surface area contributed by atoms with Gasteiger partial charge >= 0.3 is 5.69 Å². The number of nitro benzene ring substituents is 1. The predicted octanol–water partition coefficient (Wildman–Crippen LogP) is 2.46. The van der Waals surface area contributed by atoms with E-state index in [4.69, 9.17) is 0 Å². The maximum Gasteiger partial charge on any atom is 0.314 e. The summed E-state index contributed by atoms with van der Waals surface area (Å²) in [5.41, 5.74) is -1.89. The lowest BCUT2D eigenvalue weighted by Gasteiger charge is -2.47. The minimum absolute atomic E-state index is 0.0208. The first kappa shape index (κ1) is 23.6. The van der Waals surface area contributed by atoms with Gasteiger partial charge in [-0.25, -0.2) is 0 Å². The molecule has 1 aliphatic rings. The normalized spacial score (nSPS) is 20.9. The molecule has 2 aromatic carbocycles. The van der Waals surface area contributed by atoms with Crippen LogP contribution in [0.3, 0.4) is 0 Å². The van der Waals surface area contributed by atoms with Crippen molar-refractivity contribution in [3.8, 4) is 5.75 Å². The fourth-order valence-corrected chi connectivity index (χ4v) is 4.55. The Labute approximate surface area is 200 Å². The van der Waals surface area contributed by atoms with Crippen molar-refractivity contribution in [3.63, 3.8) is 0 Å². The maximum absolute atomic E-state index is 14.2. The Kier molecular flexibility index (Phi) is 5.82. The van der Waals surface area contributed by atoms with Gasteiger partial charge in [0.25, 0.3) is 5.91 Å². The van der Waals surface area contributed by atoms with Gasteiger partial charge in [0.1, 0.15) is 11.8 Å². The van der Waals surface area contributed by atoms with E-state index < -0.39 is 40.0 Å². The van der Waals surface area contributed by atoms with Crippen molar-refractivity contribution in [2.75, 3.05) is 14.1 Å². The van der Waals surface area contributed by atoms with Crippen molar-refractivity contribution in [2.24, 2.45) is 0 Å². The number of benzene rings is 2. The fraction of sp³-hybridized carbons (Fsp3) is 0.273. The van der Waals surface area contributed by atoms with Crippen LogP contribution < -0.4 is 0 Å². The number of aliphatic hydroxyl groups is 1. The molecule has 0 unspecified atom stereocenters. The van der Waals surface area contributed by atoms with Gasteiger partial charge in [0, 0.05) is 33.1 Å². The van der Waals surface area contributed by atoms with Crippen LogP contribution >= 0.6 is 15.9 Å². The maximum atomic E-state index is 14.2. The van der Waals surface area contributed by atoms with E-state index in [1.807, 2.05) is 0 Å². The molecule has 1 saturated heterocycles. The molecule has 178 valence electrons. The van der Waals surface area contributed by atoms with Gasteiger partial charge in [-0.3, -0.25) is 19.7 Å². The van der Waals surface area contributed by atoms with Crippen molar-refractivity contribution in [1.29, 1.82) is 0 Å². The summed E-state index contributed by atoms with van der Waals surface area (Å²) < 4.78 is 14.6. The number of hydrogen-bond acceptors (Lipinski definition) is 6. The number of nitrogens with one attached hydrogen (secondary N) is 1. The second-order valence-electron chi connectivity index (χ2n) is 8.20. The highest BCUT2D eigenvalue weighted by Crippen LogP contribution is 2.35. The SMILES string of the molecule is CN1C(=O)[C@](O)(Cc2ccc(Br)c(O)c2)N(C)C(=O)[C@@H]1Cc1c[nH]c2ccc(F)c([N+](=O)[O-])c12. The van der Waals surface area contributed by atoms with Crippen LogP contribution in [0.25, 0.3) is 10.9 Å². The van der Waals surface area contributed by atoms with Crippen molar-refractivity contribution < 1.29 is 29.1 Å². The summed E-state index contributed by atoms with van der Waals surface area (Å²) in [5.74, 6) is -2.46. The highest BCUT2D eigenvalue weighted by atomic mass is 79.9. The lowest BCUT2D eigenvalue weighted by Crippen LogP contribution is -2.70. The number of carbonyl (C=O) groups excluding carboxylic acids is 2. The smallest absolute Gasteiger partial charge is 0.314 e. The van der Waals surface area contributed by atoms with E-state index in [1.54, 1.807) is 12.1 Å². The molecule has 34 heavy (non-hydrogen) atoms. The molecule has 2 amide bonds. The minimum atomic E-state index is -2.21. The Bertz CT molecular complexity index is 1340. The van der Waals surface area contributed by atoms with Gasteiger partial charge in [0.2, 0.25) is 17.4 Å². The second-order valence-corrected chi connectivity index (χ2v) is 9.06. The number of amides is 2. The van der Waals surface area contributed by atoms with E-state index in [0.717, 1.165) is 15.9 Å². The number of aromatic amines is 1. The molecule has 2 heterocycles. The summed E-state index contributed by atoms with van der Waals surface area (Å²) >= 11 is 3.16. The molecule has 1 aromatic heterocycles. The Morgan fingerprint density at radius 1 is 1.26 bits per heavy atom. The number of nitro groups is 1. The van der Waals surface area contributed by atoms with Gasteiger partial charge in [0.15, 0.2) is 0 Å². The number of phenolic OH excluding ortho intramolecular Hbond substituents is 1. The Morgan fingerprint density at radius 3 is 2.62 bits per heavy atom. The summed E-state index contributed by atoms with van der Waals surface area (Å²) in [7, 11) is 2.64. The number of piperazine rings is 1. The molecular formula is C22H20BrFN4O6. The largest absolute Gasteiger partial charge is 0.507 e. The molecule has 0 radical (unpaired) electrons. The molecule has 3 aromatic rings. The van der Waals surface area contributed by atoms with Crippen LogP contribution in [-0.4, -0.2) is 67.6 Å². The lowest BCUT2D eigenvalue weighted by molar-refractivity contribution is -0.385. The van der Waals surface area contributed by atoms with Gasteiger partial charge in [-0.05, 0) is 51.3 Å². The number of carbonyl (C=O) groups is 2. The lowest BCUT2D eigenvalue weighted by atomic mass is 9.92. The van der Waals surface area contributed by atoms with Crippen LogP contribution in [0.5, 0.6) is 5.75 Å². The van der Waals surface area contributed by atoms with Gasteiger partial charge in [-0.2, -0.15) is 4.39 Å². The molecule has 2 atom stereocenters. The topological polar surface area (TPSA) is 140 Å². The van der Waals surface area contributed by atoms with E-state index >= 15 is 0 Å². The molecule has 0 spiro atoms. The number of rotatable bonds is 5. The quantitative estimate of drug-likeness (QED) is 0.339. The number of fused-ring (bicyclic) bond motifs is 1. The molecule has 10 nitrogen and oxygen atoms in total. The van der Waals surface area contributed by atoms with Gasteiger partial charge in [-0.1, -0.05) is 6.07 Å². The number of H-pyrrole nitrogens is 1. The third kappa shape index (κ3) is 3.68. The van der Waals surface area contributed by atoms with Gasteiger partial charge in [-0.15, -0.1) is 0 Å². The summed E-state index contributed by atoms with van der Waals surface area (Å²) in [4.78, 5) is 42.0. The molecule has 0 aliphatic carbocycles. The molecule has 12 heteroatoms. The Hall–Kier alpha value is -3.51.